The lowest BCUT2D eigenvalue weighted by Gasteiger charge is -2.41. The van der Waals surface area contributed by atoms with E-state index in [0.717, 1.165) is 13.1 Å². The zero-order chi connectivity index (χ0) is 13.2. The van der Waals surface area contributed by atoms with Gasteiger partial charge in [-0.1, -0.05) is 18.6 Å². The largest absolute Gasteiger partial charge is 0.338 e. The summed E-state index contributed by atoms with van der Waals surface area (Å²) in [5.41, 5.74) is 4.01. The number of carbonyl (C=O) groups is 1. The van der Waals surface area contributed by atoms with Crippen LogP contribution in [0.25, 0.3) is 0 Å². The van der Waals surface area contributed by atoms with E-state index in [1.54, 1.807) is 0 Å². The summed E-state index contributed by atoms with van der Waals surface area (Å²) < 4.78 is 0. The molecule has 2 atom stereocenters. The van der Waals surface area contributed by atoms with Gasteiger partial charge in [-0.3, -0.25) is 10.6 Å². The van der Waals surface area contributed by atoms with Crippen molar-refractivity contribution in [1.82, 2.24) is 4.90 Å². The monoisotopic (exact) mass is 259 g/mol. The number of nitrogen functional groups attached to an aromatic ring is 1. The summed E-state index contributed by atoms with van der Waals surface area (Å²) in [7, 11) is 0. The molecule has 0 radical (unpaired) electrons. The first-order valence-electron chi connectivity index (χ1n) is 7.13. The number of carbonyl (C=O) groups excluding carboxylic acids is 1. The van der Waals surface area contributed by atoms with Crippen LogP contribution in [0, 0.1) is 11.8 Å². The highest BCUT2D eigenvalue weighted by atomic mass is 16.2. The highest BCUT2D eigenvalue weighted by molar-refractivity contribution is 5.99. The first kappa shape index (κ1) is 12.5. The molecular weight excluding hydrogens is 238 g/mol. The van der Waals surface area contributed by atoms with E-state index < -0.39 is 0 Å². The first-order chi connectivity index (χ1) is 9.28. The average Bonchev–Trinajstić information content (AvgIpc) is 2.46. The maximum absolute atomic E-state index is 12.6. The van der Waals surface area contributed by atoms with E-state index in [4.69, 9.17) is 5.84 Å². The number of nitrogens with two attached hydrogens (primary N) is 1. The molecule has 1 aliphatic heterocycles. The van der Waals surface area contributed by atoms with Gasteiger partial charge in [-0.15, -0.1) is 0 Å². The lowest BCUT2D eigenvalue weighted by molar-refractivity contribution is 0.0505. The Morgan fingerprint density at radius 3 is 2.58 bits per heavy atom. The van der Waals surface area contributed by atoms with Crippen molar-refractivity contribution in [1.29, 1.82) is 0 Å². The predicted octanol–water partition coefficient (Wildman–Crippen LogP) is 2.23. The molecule has 2 aliphatic rings. The smallest absolute Gasteiger partial charge is 0.256 e. The molecule has 1 aromatic rings. The average molecular weight is 259 g/mol. The van der Waals surface area contributed by atoms with Crippen LogP contribution in [0.5, 0.6) is 0 Å². The number of fused-ring (bicyclic) bond motifs is 2. The number of hydrogen-bond acceptors (Lipinski definition) is 3. The van der Waals surface area contributed by atoms with Crippen LogP contribution in [0.3, 0.4) is 0 Å². The van der Waals surface area contributed by atoms with Crippen LogP contribution >= 0.6 is 0 Å². The number of nitrogens with zero attached hydrogens (tertiary/aromatic N) is 1. The van der Waals surface area contributed by atoms with Crippen molar-refractivity contribution in [3.63, 3.8) is 0 Å². The summed E-state index contributed by atoms with van der Waals surface area (Å²) in [4.78, 5) is 14.7. The van der Waals surface area contributed by atoms with Crippen molar-refractivity contribution in [2.45, 2.75) is 25.7 Å². The summed E-state index contributed by atoms with van der Waals surface area (Å²) in [6.45, 7) is 1.82. The Bertz CT molecular complexity index is 462. The fourth-order valence-corrected chi connectivity index (χ4v) is 3.56. The summed E-state index contributed by atoms with van der Waals surface area (Å²) >= 11 is 0. The molecule has 1 aromatic carbocycles. The minimum absolute atomic E-state index is 0.116. The summed E-state index contributed by atoms with van der Waals surface area (Å²) in [6.07, 6.45) is 5.19. The molecule has 0 aromatic heterocycles. The van der Waals surface area contributed by atoms with Crippen LogP contribution in [0.15, 0.2) is 24.3 Å². The lowest BCUT2D eigenvalue weighted by atomic mass is 9.78. The van der Waals surface area contributed by atoms with Gasteiger partial charge in [-0.2, -0.15) is 0 Å². The molecule has 3 rings (SSSR count). The molecule has 102 valence electrons. The third kappa shape index (κ3) is 2.45. The van der Waals surface area contributed by atoms with E-state index in [-0.39, 0.29) is 5.91 Å². The number of likely N-dealkylation sites (tertiary alicyclic amines) is 1. The predicted molar refractivity (Wildman–Crippen MR) is 75.6 cm³/mol. The molecule has 1 aliphatic carbocycles. The van der Waals surface area contributed by atoms with Crippen molar-refractivity contribution in [3.05, 3.63) is 29.8 Å². The molecule has 2 fully saturated rings. The molecule has 1 saturated heterocycles. The molecular formula is C15H21N3O. The number of piperidine rings is 1. The van der Waals surface area contributed by atoms with E-state index in [2.05, 4.69) is 5.43 Å². The molecule has 1 heterocycles. The molecule has 4 heteroatoms. The van der Waals surface area contributed by atoms with Gasteiger partial charge in [-0.25, -0.2) is 0 Å². The third-order valence-corrected chi connectivity index (χ3v) is 4.45. The zero-order valence-electron chi connectivity index (χ0n) is 11.1. The van der Waals surface area contributed by atoms with E-state index in [0.29, 0.717) is 23.1 Å². The van der Waals surface area contributed by atoms with Crippen LogP contribution in [0.1, 0.15) is 36.0 Å². The van der Waals surface area contributed by atoms with Gasteiger partial charge in [0.15, 0.2) is 0 Å². The van der Waals surface area contributed by atoms with Crippen molar-refractivity contribution in [2.75, 3.05) is 18.5 Å². The number of hydrazine groups is 1. The number of rotatable bonds is 2. The van der Waals surface area contributed by atoms with Gasteiger partial charge < -0.3 is 10.3 Å². The van der Waals surface area contributed by atoms with Gasteiger partial charge >= 0.3 is 0 Å². The second-order valence-corrected chi connectivity index (χ2v) is 5.80. The molecule has 4 nitrogen and oxygen atoms in total. The number of benzene rings is 1. The molecule has 1 saturated carbocycles. The molecule has 3 N–H and O–H groups in total. The van der Waals surface area contributed by atoms with Gasteiger partial charge in [0.1, 0.15) is 0 Å². The Hall–Kier alpha value is -1.55. The second kappa shape index (κ2) is 5.21. The van der Waals surface area contributed by atoms with Crippen molar-refractivity contribution >= 4 is 11.6 Å². The summed E-state index contributed by atoms with van der Waals surface area (Å²) in [5, 5.41) is 0. The highest BCUT2D eigenvalue weighted by Crippen LogP contribution is 2.35. The van der Waals surface area contributed by atoms with E-state index in [1.165, 1.54) is 25.7 Å². The fraction of sp³-hybridized carbons (Fsp3) is 0.533. The second-order valence-electron chi connectivity index (χ2n) is 5.80. The minimum atomic E-state index is 0.116. The summed E-state index contributed by atoms with van der Waals surface area (Å²) in [5.74, 6) is 7.01. The maximum atomic E-state index is 12.6. The quantitative estimate of drug-likeness (QED) is 0.632. The topological polar surface area (TPSA) is 58.4 Å². The number of hydrogen-bond donors (Lipinski definition) is 2. The molecule has 2 bridgehead atoms. The SMILES string of the molecule is NNc1ccccc1C(=O)N1CC2CCCC(C2)C1. The lowest BCUT2D eigenvalue weighted by Crippen LogP contribution is -2.45. The van der Waals surface area contributed by atoms with E-state index in [9.17, 15) is 4.79 Å². The van der Waals surface area contributed by atoms with Gasteiger partial charge in [0.25, 0.3) is 5.91 Å². The van der Waals surface area contributed by atoms with Crippen LogP contribution in [-0.2, 0) is 0 Å². The van der Waals surface area contributed by atoms with Gasteiger partial charge in [0.05, 0.1) is 11.3 Å². The minimum Gasteiger partial charge on any atom is -0.338 e. The molecule has 2 unspecified atom stereocenters. The first-order valence-corrected chi connectivity index (χ1v) is 7.13. The van der Waals surface area contributed by atoms with Crippen molar-refractivity contribution < 1.29 is 4.79 Å². The van der Waals surface area contributed by atoms with Crippen LogP contribution in [-0.4, -0.2) is 23.9 Å². The van der Waals surface area contributed by atoms with E-state index in [1.807, 2.05) is 29.2 Å². The van der Waals surface area contributed by atoms with Gasteiger partial charge in [-0.05, 0) is 43.2 Å². The van der Waals surface area contributed by atoms with Crippen molar-refractivity contribution in [2.24, 2.45) is 17.7 Å². The Morgan fingerprint density at radius 1 is 1.21 bits per heavy atom. The fourth-order valence-electron chi connectivity index (χ4n) is 3.56. The number of anilines is 1. The molecule has 1 amide bonds. The van der Waals surface area contributed by atoms with Crippen LogP contribution in [0.2, 0.25) is 0 Å². The molecule has 0 spiro atoms. The van der Waals surface area contributed by atoms with Crippen molar-refractivity contribution in [3.8, 4) is 0 Å². The summed E-state index contributed by atoms with van der Waals surface area (Å²) in [6, 6.07) is 7.47. The number of para-hydroxylation sites is 1. The third-order valence-electron chi connectivity index (χ3n) is 4.45. The van der Waals surface area contributed by atoms with E-state index >= 15 is 0 Å². The highest BCUT2D eigenvalue weighted by Gasteiger charge is 2.33. The Labute approximate surface area is 113 Å². The Morgan fingerprint density at radius 2 is 1.89 bits per heavy atom. The number of amides is 1. The van der Waals surface area contributed by atoms with Crippen LogP contribution in [0.4, 0.5) is 5.69 Å². The van der Waals surface area contributed by atoms with Gasteiger partial charge in [0.2, 0.25) is 0 Å². The normalized spacial score (nSPS) is 26.1. The standard InChI is InChI=1S/C15H21N3O/c16-17-14-7-2-1-6-13(14)15(19)18-9-11-4-3-5-12(8-11)10-18/h1-2,6-7,11-12,17H,3-5,8-10,16H2. The number of nitrogens with one attached hydrogen (secondary N) is 1. The maximum Gasteiger partial charge on any atom is 0.256 e. The van der Waals surface area contributed by atoms with Gasteiger partial charge in [0, 0.05) is 13.1 Å². The molecule has 19 heavy (non-hydrogen) atoms. The van der Waals surface area contributed by atoms with Crippen LogP contribution < -0.4 is 11.3 Å². The zero-order valence-corrected chi connectivity index (χ0v) is 11.1. The Balaban J connectivity index is 1.80. The Kier molecular flexibility index (Phi) is 3.42.